The zero-order chi connectivity index (χ0) is 30.3. The largest absolute Gasteiger partial charge is 0.415 e. The van der Waals surface area contributed by atoms with Gasteiger partial charge in [-0.25, -0.2) is 4.99 Å². The smallest absolute Gasteiger partial charge is 0.310 e. The average molecular weight is 610 g/mol. The summed E-state index contributed by atoms with van der Waals surface area (Å²) in [5.41, 5.74) is 3.22. The fourth-order valence-electron chi connectivity index (χ4n) is 6.22. The Morgan fingerprint density at radius 2 is 1.49 bits per heavy atom. The van der Waals surface area contributed by atoms with Gasteiger partial charge in [0.25, 0.3) is 0 Å². The van der Waals surface area contributed by atoms with E-state index < -0.39 is 0 Å². The van der Waals surface area contributed by atoms with Crippen LogP contribution in [0.1, 0.15) is 120 Å². The van der Waals surface area contributed by atoms with Crippen LogP contribution in [0.5, 0.6) is 0 Å². The maximum atomic E-state index is 12.5. The first-order chi connectivity index (χ1) is 21.0. The molecule has 1 N–H and O–H groups in total. The minimum Gasteiger partial charge on any atom is -0.415 e. The first-order valence-corrected chi connectivity index (χ1v) is 18.1. The van der Waals surface area contributed by atoms with E-state index in [1.807, 2.05) is 6.07 Å². The fourth-order valence-corrected chi connectivity index (χ4v) is 7.14. The number of fused-ring (bicyclic) bond motifs is 2. The molecule has 0 radical (unpaired) electrons. The predicted molar refractivity (Wildman–Crippen MR) is 183 cm³/mol. The summed E-state index contributed by atoms with van der Waals surface area (Å²) < 4.78 is 6.55. The van der Waals surface area contributed by atoms with Gasteiger partial charge in [-0.15, -0.1) is 11.3 Å². The number of hydrogen-bond donors (Lipinski definition) is 1. The monoisotopic (exact) mass is 609 g/mol. The normalized spacial score (nSPS) is 15.7. The number of anilines is 2. The lowest BCUT2D eigenvalue weighted by molar-refractivity contribution is -0.929. The third-order valence-electron chi connectivity index (χ3n) is 9.12. The highest BCUT2D eigenvalue weighted by Crippen LogP contribution is 2.39. The Kier molecular flexibility index (Phi) is 13.9. The van der Waals surface area contributed by atoms with Gasteiger partial charge in [0.05, 0.1) is 50.2 Å². The van der Waals surface area contributed by atoms with Crippen molar-refractivity contribution >= 4 is 39.5 Å². The number of hydrogen-bond acceptors (Lipinski definition) is 6. The minimum atomic E-state index is -0.0364. The number of aliphatic imine (C=N–C) groups is 1. The highest BCUT2D eigenvalue weighted by atomic mass is 32.1. The molecule has 1 saturated heterocycles. The Balaban J connectivity index is 1.07. The summed E-state index contributed by atoms with van der Waals surface area (Å²) in [6.07, 6.45) is 20.6. The molecule has 238 valence electrons. The first kappa shape index (κ1) is 33.5. The molecule has 2 aliphatic heterocycles. The van der Waals surface area contributed by atoms with Gasteiger partial charge in [-0.2, -0.15) is 0 Å². The molecule has 7 heteroatoms. The van der Waals surface area contributed by atoms with Crippen molar-refractivity contribution in [2.75, 3.05) is 45.3 Å². The summed E-state index contributed by atoms with van der Waals surface area (Å²) in [5, 5.41) is 4.77. The Morgan fingerprint density at radius 3 is 2.12 bits per heavy atom. The Labute approximate surface area is 265 Å². The number of benzene rings is 1. The van der Waals surface area contributed by atoms with Gasteiger partial charge >= 0.3 is 5.97 Å². The van der Waals surface area contributed by atoms with Crippen LogP contribution in [0.3, 0.4) is 0 Å². The van der Waals surface area contributed by atoms with E-state index >= 15 is 0 Å². The second-order valence-corrected chi connectivity index (χ2v) is 14.3. The van der Waals surface area contributed by atoms with E-state index in [1.54, 1.807) is 11.3 Å². The van der Waals surface area contributed by atoms with Crippen molar-refractivity contribution in [3.63, 3.8) is 0 Å². The van der Waals surface area contributed by atoms with E-state index in [0.717, 1.165) is 65.7 Å². The van der Waals surface area contributed by atoms with Crippen molar-refractivity contribution in [3.05, 3.63) is 40.8 Å². The second kappa shape index (κ2) is 17.8. The lowest BCUT2D eigenvalue weighted by Gasteiger charge is -2.42. The van der Waals surface area contributed by atoms with Gasteiger partial charge in [-0.05, 0) is 31.5 Å². The second-order valence-electron chi connectivity index (χ2n) is 13.1. The number of ether oxygens (including phenoxy) is 1. The van der Waals surface area contributed by atoms with E-state index in [1.165, 1.54) is 93.9 Å². The van der Waals surface area contributed by atoms with Crippen LogP contribution in [0.15, 0.2) is 35.3 Å². The molecular weight excluding hydrogens is 552 g/mol. The number of carbonyl (C=O) groups is 1. The van der Waals surface area contributed by atoms with Crippen LogP contribution >= 0.6 is 11.3 Å². The molecule has 2 aliphatic rings. The van der Waals surface area contributed by atoms with Crippen LogP contribution in [-0.2, 0) is 9.53 Å². The maximum Gasteiger partial charge on any atom is 0.310 e. The van der Waals surface area contributed by atoms with Gasteiger partial charge in [0, 0.05) is 11.3 Å². The van der Waals surface area contributed by atoms with E-state index in [-0.39, 0.29) is 5.97 Å². The molecule has 0 aliphatic carbocycles. The number of amidine groups is 1. The highest BCUT2D eigenvalue weighted by Gasteiger charge is 2.33. The molecule has 0 unspecified atom stereocenters. The SMILES string of the molecule is CCCCCCCCCCCCCCCCCC(=O)OC[N+]1(C)CCN(C2=Nc3ccccc3Nc3sc(C)cc32)CC1. The van der Waals surface area contributed by atoms with Crippen molar-refractivity contribution in [1.29, 1.82) is 0 Å². The molecule has 0 spiro atoms. The van der Waals surface area contributed by atoms with Crippen molar-refractivity contribution < 1.29 is 14.0 Å². The molecule has 43 heavy (non-hydrogen) atoms. The van der Waals surface area contributed by atoms with E-state index in [2.05, 4.69) is 55.4 Å². The van der Waals surface area contributed by atoms with Crippen molar-refractivity contribution in [2.45, 2.75) is 117 Å². The van der Waals surface area contributed by atoms with Crippen LogP contribution in [0, 0.1) is 6.92 Å². The third kappa shape index (κ3) is 10.9. The van der Waals surface area contributed by atoms with Gasteiger partial charge in [-0.1, -0.05) is 109 Å². The van der Waals surface area contributed by atoms with Crippen LogP contribution in [0.4, 0.5) is 16.4 Å². The number of nitrogens with zero attached hydrogens (tertiary/aromatic N) is 3. The zero-order valence-corrected chi connectivity index (χ0v) is 28.1. The number of esters is 1. The van der Waals surface area contributed by atoms with Crippen LogP contribution in [0.2, 0.25) is 0 Å². The molecule has 1 aromatic carbocycles. The lowest BCUT2D eigenvalue weighted by Crippen LogP contribution is -2.59. The molecule has 4 rings (SSSR count). The predicted octanol–water partition coefficient (Wildman–Crippen LogP) is 9.72. The van der Waals surface area contributed by atoms with Crippen molar-refractivity contribution in [1.82, 2.24) is 4.90 Å². The van der Waals surface area contributed by atoms with Crippen LogP contribution in [0.25, 0.3) is 0 Å². The number of piperazine rings is 1. The molecular formula is C36H57N4O2S+. The molecule has 2 aromatic rings. The quantitative estimate of drug-likeness (QED) is 0.104. The van der Waals surface area contributed by atoms with Gasteiger partial charge in [0.2, 0.25) is 6.73 Å². The molecule has 1 aromatic heterocycles. The third-order valence-corrected chi connectivity index (χ3v) is 10.1. The van der Waals surface area contributed by atoms with Gasteiger partial charge in [0.1, 0.15) is 10.8 Å². The van der Waals surface area contributed by atoms with Crippen LogP contribution in [-0.4, -0.2) is 61.1 Å². The molecule has 3 heterocycles. The molecule has 6 nitrogen and oxygen atoms in total. The highest BCUT2D eigenvalue weighted by molar-refractivity contribution is 7.16. The number of unbranched alkanes of at least 4 members (excludes halogenated alkanes) is 14. The number of rotatable bonds is 18. The summed E-state index contributed by atoms with van der Waals surface area (Å²) >= 11 is 1.78. The van der Waals surface area contributed by atoms with E-state index in [0.29, 0.717) is 13.2 Å². The topological polar surface area (TPSA) is 53.9 Å². The summed E-state index contributed by atoms with van der Waals surface area (Å²) in [4.78, 5) is 21.3. The Bertz CT molecular complexity index is 1150. The zero-order valence-electron chi connectivity index (χ0n) is 27.3. The minimum absolute atomic E-state index is 0.0364. The van der Waals surface area contributed by atoms with E-state index in [4.69, 9.17) is 9.73 Å². The number of para-hydroxylation sites is 2. The summed E-state index contributed by atoms with van der Waals surface area (Å²) in [6.45, 7) is 8.54. The molecule has 0 atom stereocenters. The molecule has 0 saturated carbocycles. The van der Waals surface area contributed by atoms with Gasteiger partial charge in [-0.3, -0.25) is 9.28 Å². The van der Waals surface area contributed by atoms with E-state index in [9.17, 15) is 4.79 Å². The number of nitrogens with one attached hydrogen (secondary N) is 1. The van der Waals surface area contributed by atoms with Crippen LogP contribution < -0.4 is 5.32 Å². The Morgan fingerprint density at radius 1 is 0.907 bits per heavy atom. The number of quaternary nitrogens is 1. The standard InChI is InChI=1S/C36H57N4O2S/c1-4-5-6-7-8-9-10-11-12-13-14-15-16-17-18-23-34(41)42-29-40(3)26-24-39(25-27-40)35-31-28-30(2)43-36(31)38-33-22-20-19-21-32(33)37-35/h19-22,28,38H,4-18,23-27,29H2,1-3H3/q+1. The number of aryl methyl sites for hydroxylation is 1. The lowest BCUT2D eigenvalue weighted by atomic mass is 10.0. The van der Waals surface area contributed by atoms with Gasteiger partial charge < -0.3 is 15.0 Å². The molecule has 0 bridgehead atoms. The first-order valence-electron chi connectivity index (χ1n) is 17.3. The number of carbonyl (C=O) groups excluding carboxylic acids is 1. The summed E-state index contributed by atoms with van der Waals surface area (Å²) in [6, 6.07) is 10.5. The Hall–Kier alpha value is -2.38. The molecule has 1 fully saturated rings. The average Bonchev–Trinajstić information content (AvgIpc) is 3.30. The maximum absolute atomic E-state index is 12.5. The van der Waals surface area contributed by atoms with Crippen molar-refractivity contribution in [3.8, 4) is 0 Å². The summed E-state index contributed by atoms with van der Waals surface area (Å²) in [7, 11) is 2.21. The molecule has 0 amide bonds. The number of likely N-dealkylation sites (N-methyl/N-ethyl adjacent to an activating group) is 1. The van der Waals surface area contributed by atoms with Gasteiger partial charge in [0.15, 0.2) is 0 Å². The summed E-state index contributed by atoms with van der Waals surface area (Å²) in [5.74, 6) is 1.01. The van der Waals surface area contributed by atoms with Crippen molar-refractivity contribution in [2.24, 2.45) is 4.99 Å². The number of thiophene rings is 1. The fraction of sp³-hybridized carbons (Fsp3) is 0.667.